The zero-order valence-electron chi connectivity index (χ0n) is 9.60. The average Bonchev–Trinajstić information content (AvgIpc) is 2.86. The molecule has 92 valence electrons. The minimum atomic E-state index is -0.756. The molecule has 0 bridgehead atoms. The quantitative estimate of drug-likeness (QED) is 0.866. The van der Waals surface area contributed by atoms with Crippen LogP contribution in [0.5, 0.6) is 0 Å². The van der Waals surface area contributed by atoms with Gasteiger partial charge in [-0.1, -0.05) is 0 Å². The first kappa shape index (κ1) is 12.1. The lowest BCUT2D eigenvalue weighted by Crippen LogP contribution is -2.32. The fraction of sp³-hybridized carbons (Fsp3) is 0.500. The number of rotatable bonds is 3. The molecule has 2 unspecified atom stereocenters. The molecule has 5 heteroatoms. The third-order valence-corrected chi connectivity index (χ3v) is 4.08. The summed E-state index contributed by atoms with van der Waals surface area (Å²) in [7, 11) is 0. The van der Waals surface area contributed by atoms with Gasteiger partial charge in [-0.3, -0.25) is 9.59 Å². The van der Waals surface area contributed by atoms with Crippen LogP contribution >= 0.6 is 11.3 Å². The zero-order chi connectivity index (χ0) is 12.4. The molecule has 1 fully saturated rings. The van der Waals surface area contributed by atoms with Crippen LogP contribution in [0.1, 0.15) is 33.8 Å². The lowest BCUT2D eigenvalue weighted by Gasteiger charge is -2.11. The Morgan fingerprint density at radius 1 is 1.41 bits per heavy atom. The second-order valence-corrected chi connectivity index (χ2v) is 5.72. The van der Waals surface area contributed by atoms with Gasteiger partial charge in [-0.25, -0.2) is 0 Å². The number of aliphatic carboxylic acids is 1. The molecule has 0 saturated heterocycles. The van der Waals surface area contributed by atoms with Crippen molar-refractivity contribution < 1.29 is 14.7 Å². The smallest absolute Gasteiger partial charge is 0.306 e. The number of carboxylic acid groups (broad SMARTS) is 1. The van der Waals surface area contributed by atoms with Gasteiger partial charge in [0.15, 0.2) is 0 Å². The molecule has 17 heavy (non-hydrogen) atoms. The van der Waals surface area contributed by atoms with Crippen LogP contribution in [-0.2, 0) is 4.79 Å². The van der Waals surface area contributed by atoms with Crippen LogP contribution in [0.2, 0.25) is 0 Å². The van der Waals surface area contributed by atoms with E-state index in [0.29, 0.717) is 17.7 Å². The maximum atomic E-state index is 11.8. The number of carbonyl (C=O) groups is 2. The second kappa shape index (κ2) is 4.87. The molecule has 1 amide bonds. The Morgan fingerprint density at radius 3 is 2.71 bits per heavy atom. The molecule has 1 heterocycles. The molecular formula is C12H15NO3S. The van der Waals surface area contributed by atoms with E-state index in [0.717, 1.165) is 11.3 Å². The van der Waals surface area contributed by atoms with Crippen molar-refractivity contribution in [3.63, 3.8) is 0 Å². The molecule has 2 rings (SSSR count). The van der Waals surface area contributed by atoms with Crippen molar-refractivity contribution in [1.29, 1.82) is 0 Å². The van der Waals surface area contributed by atoms with Crippen molar-refractivity contribution in [3.8, 4) is 0 Å². The Hall–Kier alpha value is -1.36. The molecule has 0 aliphatic heterocycles. The Kier molecular flexibility index (Phi) is 3.47. The topological polar surface area (TPSA) is 66.4 Å². The molecule has 4 nitrogen and oxygen atoms in total. The summed E-state index contributed by atoms with van der Waals surface area (Å²) in [5, 5.41) is 11.8. The Bertz CT molecular complexity index is 441. The standard InChI is InChI=1S/C12H15NO3S/c1-7-2-5-10(17-7)11(14)13-9-4-3-8(6-9)12(15)16/h2,5,8-9H,3-4,6H2,1H3,(H,13,14)(H,15,16). The number of thiophene rings is 1. The fourth-order valence-electron chi connectivity index (χ4n) is 2.15. The van der Waals surface area contributed by atoms with Crippen LogP contribution in [0.15, 0.2) is 12.1 Å². The molecule has 0 radical (unpaired) electrons. The van der Waals surface area contributed by atoms with Crippen LogP contribution in [-0.4, -0.2) is 23.0 Å². The monoisotopic (exact) mass is 253 g/mol. The maximum absolute atomic E-state index is 11.8. The molecule has 0 aromatic carbocycles. The summed E-state index contributed by atoms with van der Waals surface area (Å²) in [5.74, 6) is -1.14. The summed E-state index contributed by atoms with van der Waals surface area (Å²) in [4.78, 5) is 24.4. The summed E-state index contributed by atoms with van der Waals surface area (Å²) in [6, 6.07) is 3.72. The Balaban J connectivity index is 1.90. The third kappa shape index (κ3) is 2.85. The van der Waals surface area contributed by atoms with Crippen LogP contribution in [0.3, 0.4) is 0 Å². The molecule has 1 aromatic heterocycles. The Labute approximate surface area is 104 Å². The van der Waals surface area contributed by atoms with Gasteiger partial charge >= 0.3 is 5.97 Å². The van der Waals surface area contributed by atoms with Gasteiger partial charge in [0, 0.05) is 10.9 Å². The van der Waals surface area contributed by atoms with Gasteiger partial charge in [-0.05, 0) is 38.3 Å². The predicted molar refractivity (Wildman–Crippen MR) is 65.3 cm³/mol. The van der Waals surface area contributed by atoms with Gasteiger partial charge < -0.3 is 10.4 Å². The molecule has 1 aliphatic carbocycles. The largest absolute Gasteiger partial charge is 0.481 e. The van der Waals surface area contributed by atoms with Gasteiger partial charge in [0.05, 0.1) is 10.8 Å². The lowest BCUT2D eigenvalue weighted by atomic mass is 10.1. The van der Waals surface area contributed by atoms with Crippen molar-refractivity contribution in [3.05, 3.63) is 21.9 Å². The summed E-state index contributed by atoms with van der Waals surface area (Å²) in [5.41, 5.74) is 0. The first-order valence-electron chi connectivity index (χ1n) is 5.66. The highest BCUT2D eigenvalue weighted by Crippen LogP contribution is 2.26. The van der Waals surface area contributed by atoms with Gasteiger partial charge in [-0.15, -0.1) is 11.3 Å². The highest BCUT2D eigenvalue weighted by molar-refractivity contribution is 7.13. The van der Waals surface area contributed by atoms with Crippen molar-refractivity contribution in [2.75, 3.05) is 0 Å². The number of aryl methyl sites for hydroxylation is 1. The van der Waals surface area contributed by atoms with Gasteiger partial charge in [0.2, 0.25) is 0 Å². The first-order valence-corrected chi connectivity index (χ1v) is 6.48. The lowest BCUT2D eigenvalue weighted by molar-refractivity contribution is -0.141. The van der Waals surface area contributed by atoms with E-state index in [-0.39, 0.29) is 17.9 Å². The fourth-order valence-corrected chi connectivity index (χ4v) is 2.92. The van der Waals surface area contributed by atoms with Crippen LogP contribution in [0.25, 0.3) is 0 Å². The van der Waals surface area contributed by atoms with Crippen molar-refractivity contribution in [2.24, 2.45) is 5.92 Å². The van der Waals surface area contributed by atoms with Crippen molar-refractivity contribution >= 4 is 23.2 Å². The zero-order valence-corrected chi connectivity index (χ0v) is 10.4. The Morgan fingerprint density at radius 2 is 2.18 bits per heavy atom. The number of hydrogen-bond acceptors (Lipinski definition) is 3. The number of amides is 1. The normalized spacial score (nSPS) is 23.6. The average molecular weight is 253 g/mol. The highest BCUT2D eigenvalue weighted by Gasteiger charge is 2.30. The van der Waals surface area contributed by atoms with Gasteiger partial charge in [0.25, 0.3) is 5.91 Å². The van der Waals surface area contributed by atoms with Crippen LogP contribution < -0.4 is 5.32 Å². The van der Waals surface area contributed by atoms with Crippen LogP contribution in [0, 0.1) is 12.8 Å². The molecule has 2 atom stereocenters. The van der Waals surface area contributed by atoms with Crippen molar-refractivity contribution in [1.82, 2.24) is 5.32 Å². The molecule has 1 saturated carbocycles. The summed E-state index contributed by atoms with van der Waals surface area (Å²) < 4.78 is 0. The third-order valence-electron chi connectivity index (χ3n) is 3.08. The van der Waals surface area contributed by atoms with Crippen molar-refractivity contribution in [2.45, 2.75) is 32.2 Å². The summed E-state index contributed by atoms with van der Waals surface area (Å²) >= 11 is 1.46. The molecule has 0 spiro atoms. The van der Waals surface area contributed by atoms with E-state index in [4.69, 9.17) is 5.11 Å². The summed E-state index contributed by atoms with van der Waals surface area (Å²) in [6.45, 7) is 1.96. The number of carboxylic acids is 1. The number of nitrogens with one attached hydrogen (secondary N) is 1. The molecule has 2 N–H and O–H groups in total. The van der Waals surface area contributed by atoms with E-state index in [9.17, 15) is 9.59 Å². The SMILES string of the molecule is Cc1ccc(C(=O)NC2CCC(C(=O)O)C2)s1. The van der Waals surface area contributed by atoms with E-state index in [1.165, 1.54) is 11.3 Å². The maximum Gasteiger partial charge on any atom is 0.306 e. The van der Waals surface area contributed by atoms with E-state index in [1.54, 1.807) is 6.07 Å². The van der Waals surface area contributed by atoms with E-state index in [2.05, 4.69) is 5.32 Å². The molecule has 1 aromatic rings. The number of hydrogen-bond donors (Lipinski definition) is 2. The van der Waals surface area contributed by atoms with Crippen LogP contribution in [0.4, 0.5) is 0 Å². The minimum Gasteiger partial charge on any atom is -0.481 e. The van der Waals surface area contributed by atoms with E-state index in [1.807, 2.05) is 13.0 Å². The van der Waals surface area contributed by atoms with Gasteiger partial charge in [-0.2, -0.15) is 0 Å². The first-order chi connectivity index (χ1) is 8.06. The van der Waals surface area contributed by atoms with E-state index >= 15 is 0 Å². The predicted octanol–water partition coefficient (Wildman–Crippen LogP) is 2.04. The van der Waals surface area contributed by atoms with E-state index < -0.39 is 5.97 Å². The second-order valence-electron chi connectivity index (χ2n) is 4.43. The minimum absolute atomic E-state index is 0.00556. The summed E-state index contributed by atoms with van der Waals surface area (Å²) in [6.07, 6.45) is 1.96. The van der Waals surface area contributed by atoms with Gasteiger partial charge in [0.1, 0.15) is 0 Å². The highest BCUT2D eigenvalue weighted by atomic mass is 32.1. The molecular weight excluding hydrogens is 238 g/mol. The molecule has 1 aliphatic rings. The number of carbonyl (C=O) groups excluding carboxylic acids is 1.